The fourth-order valence-corrected chi connectivity index (χ4v) is 2.50. The summed E-state index contributed by atoms with van der Waals surface area (Å²) in [5.41, 5.74) is 1.16. The van der Waals surface area contributed by atoms with Crippen molar-refractivity contribution in [2.24, 2.45) is 0 Å². The monoisotopic (exact) mass is 321 g/mol. The summed E-state index contributed by atoms with van der Waals surface area (Å²) in [6, 6.07) is 13.2. The van der Waals surface area contributed by atoms with Crippen LogP contribution in [0.3, 0.4) is 0 Å². The molecule has 0 unspecified atom stereocenters. The lowest BCUT2D eigenvalue weighted by Gasteiger charge is -2.10. The number of halogens is 4. The highest BCUT2D eigenvalue weighted by Gasteiger charge is 2.32. The van der Waals surface area contributed by atoms with Gasteiger partial charge in [-0.25, -0.2) is 0 Å². The summed E-state index contributed by atoms with van der Waals surface area (Å²) in [7, 11) is 0. The number of pyridine rings is 1. The first kappa shape index (κ1) is 14.9. The van der Waals surface area contributed by atoms with Crippen LogP contribution >= 0.6 is 11.6 Å². The van der Waals surface area contributed by atoms with Crippen molar-refractivity contribution in [3.8, 4) is 0 Å². The lowest BCUT2D eigenvalue weighted by molar-refractivity contribution is -0.136. The minimum atomic E-state index is -4.40. The van der Waals surface area contributed by atoms with Gasteiger partial charge in [-0.15, -0.1) is 0 Å². The highest BCUT2D eigenvalue weighted by molar-refractivity contribution is 6.30. The SMILES string of the molecule is FC(F)(F)c1cccc2cc(Cc3ccc(Cl)cc3)cnc12. The largest absolute Gasteiger partial charge is 0.418 e. The third-order valence-corrected chi connectivity index (χ3v) is 3.65. The second kappa shape index (κ2) is 5.61. The van der Waals surface area contributed by atoms with Crippen LogP contribution in [-0.2, 0) is 12.6 Å². The van der Waals surface area contributed by atoms with Crippen molar-refractivity contribution >= 4 is 22.5 Å². The predicted molar refractivity (Wildman–Crippen MR) is 81.0 cm³/mol. The highest BCUT2D eigenvalue weighted by atomic mass is 35.5. The van der Waals surface area contributed by atoms with Crippen LogP contribution in [0.4, 0.5) is 13.2 Å². The molecule has 0 aliphatic rings. The smallest absolute Gasteiger partial charge is 0.255 e. The van der Waals surface area contributed by atoms with Gasteiger partial charge in [0.2, 0.25) is 0 Å². The molecule has 0 amide bonds. The van der Waals surface area contributed by atoms with E-state index >= 15 is 0 Å². The number of benzene rings is 2. The molecule has 3 rings (SSSR count). The molecule has 0 N–H and O–H groups in total. The number of fused-ring (bicyclic) bond motifs is 1. The number of hydrogen-bond donors (Lipinski definition) is 0. The molecule has 5 heteroatoms. The van der Waals surface area contributed by atoms with E-state index in [2.05, 4.69) is 4.98 Å². The maximum atomic E-state index is 13.0. The Kier molecular flexibility index (Phi) is 3.79. The molecular weight excluding hydrogens is 311 g/mol. The average molecular weight is 322 g/mol. The van der Waals surface area contributed by atoms with Gasteiger partial charge in [0.15, 0.2) is 0 Å². The van der Waals surface area contributed by atoms with Crippen molar-refractivity contribution in [1.29, 1.82) is 0 Å². The number of alkyl halides is 3. The average Bonchev–Trinajstić information content (AvgIpc) is 2.48. The molecule has 1 aromatic heterocycles. The first-order chi connectivity index (χ1) is 10.4. The van der Waals surface area contributed by atoms with Crippen LogP contribution in [0.2, 0.25) is 5.02 Å². The number of aromatic nitrogens is 1. The van der Waals surface area contributed by atoms with Crippen LogP contribution in [0.5, 0.6) is 0 Å². The van der Waals surface area contributed by atoms with Gasteiger partial charge in [-0.2, -0.15) is 13.2 Å². The molecule has 0 aliphatic heterocycles. The molecule has 112 valence electrons. The predicted octanol–water partition coefficient (Wildman–Crippen LogP) is 5.50. The second-order valence-corrected chi connectivity index (χ2v) is 5.46. The minimum Gasteiger partial charge on any atom is -0.255 e. The number of rotatable bonds is 2. The first-order valence-electron chi connectivity index (χ1n) is 6.63. The second-order valence-electron chi connectivity index (χ2n) is 5.02. The molecule has 0 saturated heterocycles. The Hall–Kier alpha value is -2.07. The summed E-state index contributed by atoms with van der Waals surface area (Å²) >= 11 is 5.83. The van der Waals surface area contributed by atoms with Crippen molar-refractivity contribution in [2.75, 3.05) is 0 Å². The topological polar surface area (TPSA) is 12.9 Å². The maximum Gasteiger partial charge on any atom is 0.418 e. The zero-order valence-corrected chi connectivity index (χ0v) is 12.1. The van der Waals surface area contributed by atoms with E-state index in [0.29, 0.717) is 16.8 Å². The van der Waals surface area contributed by atoms with Gasteiger partial charge in [0.25, 0.3) is 0 Å². The van der Waals surface area contributed by atoms with E-state index in [-0.39, 0.29) is 5.52 Å². The molecule has 1 heterocycles. The molecule has 1 nitrogen and oxygen atoms in total. The van der Waals surface area contributed by atoms with Gasteiger partial charge in [-0.3, -0.25) is 4.98 Å². The van der Waals surface area contributed by atoms with E-state index in [1.54, 1.807) is 24.3 Å². The summed E-state index contributed by atoms with van der Waals surface area (Å²) in [4.78, 5) is 4.02. The maximum absolute atomic E-state index is 13.0. The van der Waals surface area contributed by atoms with E-state index in [4.69, 9.17) is 11.6 Å². The molecule has 2 aromatic carbocycles. The van der Waals surface area contributed by atoms with Crippen LogP contribution in [0.15, 0.2) is 54.7 Å². The van der Waals surface area contributed by atoms with E-state index in [1.165, 1.54) is 12.3 Å². The van der Waals surface area contributed by atoms with Crippen molar-refractivity contribution in [3.63, 3.8) is 0 Å². The van der Waals surface area contributed by atoms with E-state index < -0.39 is 11.7 Å². The molecule has 0 atom stereocenters. The van der Waals surface area contributed by atoms with Gasteiger partial charge < -0.3 is 0 Å². The van der Waals surface area contributed by atoms with Crippen molar-refractivity contribution in [3.05, 3.63) is 76.4 Å². The number of para-hydroxylation sites is 1. The summed E-state index contributed by atoms with van der Waals surface area (Å²) in [6.45, 7) is 0. The lowest BCUT2D eigenvalue weighted by atomic mass is 10.0. The van der Waals surface area contributed by atoms with Crippen LogP contribution in [0, 0.1) is 0 Å². The van der Waals surface area contributed by atoms with Gasteiger partial charge >= 0.3 is 6.18 Å². The van der Waals surface area contributed by atoms with Gasteiger partial charge in [0, 0.05) is 16.6 Å². The Labute approximate surface area is 130 Å². The summed E-state index contributed by atoms with van der Waals surface area (Å²) in [5.74, 6) is 0. The van der Waals surface area contributed by atoms with Gasteiger partial charge in [0.1, 0.15) is 0 Å². The van der Waals surface area contributed by atoms with E-state index in [0.717, 1.165) is 17.2 Å². The fourth-order valence-electron chi connectivity index (χ4n) is 2.37. The normalized spacial score (nSPS) is 11.8. The molecular formula is C17H11ClF3N. The minimum absolute atomic E-state index is 0.0187. The van der Waals surface area contributed by atoms with Crippen LogP contribution < -0.4 is 0 Å². The van der Waals surface area contributed by atoms with Crippen molar-refractivity contribution in [1.82, 2.24) is 4.98 Å². The fraction of sp³-hybridized carbons (Fsp3) is 0.118. The first-order valence-corrected chi connectivity index (χ1v) is 7.00. The third-order valence-electron chi connectivity index (χ3n) is 3.39. The molecule has 0 bridgehead atoms. The van der Waals surface area contributed by atoms with Gasteiger partial charge in [-0.05, 0) is 41.8 Å². The molecule has 0 radical (unpaired) electrons. The molecule has 22 heavy (non-hydrogen) atoms. The Morgan fingerprint density at radius 3 is 2.36 bits per heavy atom. The van der Waals surface area contributed by atoms with Crippen LogP contribution in [-0.4, -0.2) is 4.98 Å². The zero-order valence-electron chi connectivity index (χ0n) is 11.4. The molecule has 0 saturated carbocycles. The number of hydrogen-bond acceptors (Lipinski definition) is 1. The van der Waals surface area contributed by atoms with Crippen LogP contribution in [0.1, 0.15) is 16.7 Å². The van der Waals surface area contributed by atoms with Crippen molar-refractivity contribution < 1.29 is 13.2 Å². The Balaban J connectivity index is 1.98. The summed E-state index contributed by atoms with van der Waals surface area (Å²) < 4.78 is 38.9. The highest BCUT2D eigenvalue weighted by Crippen LogP contribution is 2.34. The summed E-state index contributed by atoms with van der Waals surface area (Å²) in [5, 5.41) is 1.14. The summed E-state index contributed by atoms with van der Waals surface area (Å²) in [6.07, 6.45) is -2.31. The standard InChI is InChI=1S/C17H11ClF3N/c18-14-6-4-11(5-7-14)8-12-9-13-2-1-3-15(17(19,20)21)16(13)22-10-12/h1-7,9-10H,8H2. The quantitative estimate of drug-likeness (QED) is 0.607. The van der Waals surface area contributed by atoms with E-state index in [1.807, 2.05) is 12.1 Å². The Morgan fingerprint density at radius 1 is 0.955 bits per heavy atom. The molecule has 0 fully saturated rings. The third kappa shape index (κ3) is 3.07. The Morgan fingerprint density at radius 2 is 1.68 bits per heavy atom. The van der Waals surface area contributed by atoms with Gasteiger partial charge in [-0.1, -0.05) is 35.9 Å². The van der Waals surface area contributed by atoms with Gasteiger partial charge in [0.05, 0.1) is 11.1 Å². The lowest BCUT2D eigenvalue weighted by Crippen LogP contribution is -2.06. The van der Waals surface area contributed by atoms with Crippen molar-refractivity contribution in [2.45, 2.75) is 12.6 Å². The zero-order chi connectivity index (χ0) is 15.7. The molecule has 0 aliphatic carbocycles. The number of nitrogens with zero attached hydrogens (tertiary/aromatic N) is 1. The molecule has 0 spiro atoms. The molecule has 3 aromatic rings. The Bertz CT molecular complexity index is 810. The van der Waals surface area contributed by atoms with Crippen LogP contribution in [0.25, 0.3) is 10.9 Å². The van der Waals surface area contributed by atoms with E-state index in [9.17, 15) is 13.2 Å².